The minimum absolute atomic E-state index is 0.110. The van der Waals surface area contributed by atoms with Gasteiger partial charge in [-0.2, -0.15) is 0 Å². The van der Waals surface area contributed by atoms with Crippen LogP contribution in [0.15, 0.2) is 24.3 Å². The zero-order valence-corrected chi connectivity index (χ0v) is 10.9. The van der Waals surface area contributed by atoms with Gasteiger partial charge < -0.3 is 10.4 Å². The van der Waals surface area contributed by atoms with Crippen molar-refractivity contribution in [1.82, 2.24) is 5.32 Å². The first-order valence-electron chi connectivity index (χ1n) is 5.66. The maximum atomic E-state index is 11.6. The highest BCUT2D eigenvalue weighted by molar-refractivity contribution is 6.30. The Morgan fingerprint density at radius 2 is 2.24 bits per heavy atom. The van der Waals surface area contributed by atoms with Crippen LogP contribution >= 0.6 is 11.6 Å². The number of rotatable bonds is 5. The standard InChI is InChI=1S/C13H18ClNO2/c1-3-13(2,17)9-15-12(16)8-10-5-4-6-11(14)7-10/h4-7,17H,3,8-9H2,1-2H3,(H,15,16). The van der Waals surface area contributed by atoms with Crippen molar-refractivity contribution < 1.29 is 9.90 Å². The van der Waals surface area contributed by atoms with E-state index in [1.807, 2.05) is 19.1 Å². The molecular formula is C13H18ClNO2. The second-order valence-electron chi connectivity index (χ2n) is 4.43. The van der Waals surface area contributed by atoms with Crippen LogP contribution in [0.4, 0.5) is 0 Å². The molecule has 0 aliphatic carbocycles. The van der Waals surface area contributed by atoms with Crippen LogP contribution in [0.3, 0.4) is 0 Å². The Balaban J connectivity index is 2.45. The number of carbonyl (C=O) groups is 1. The maximum Gasteiger partial charge on any atom is 0.224 e. The van der Waals surface area contributed by atoms with Gasteiger partial charge in [0.1, 0.15) is 0 Å². The molecule has 0 heterocycles. The highest BCUT2D eigenvalue weighted by atomic mass is 35.5. The average molecular weight is 256 g/mol. The summed E-state index contributed by atoms with van der Waals surface area (Å²) in [7, 11) is 0. The number of nitrogens with one attached hydrogen (secondary N) is 1. The van der Waals surface area contributed by atoms with E-state index >= 15 is 0 Å². The Morgan fingerprint density at radius 3 is 2.82 bits per heavy atom. The third-order valence-corrected chi connectivity index (χ3v) is 2.92. The van der Waals surface area contributed by atoms with E-state index in [0.29, 0.717) is 11.4 Å². The van der Waals surface area contributed by atoms with Crippen molar-refractivity contribution in [1.29, 1.82) is 0 Å². The van der Waals surface area contributed by atoms with E-state index in [4.69, 9.17) is 11.6 Å². The zero-order valence-electron chi connectivity index (χ0n) is 10.2. The molecule has 17 heavy (non-hydrogen) atoms. The summed E-state index contributed by atoms with van der Waals surface area (Å²) in [5.74, 6) is -0.110. The van der Waals surface area contributed by atoms with Gasteiger partial charge in [0, 0.05) is 11.6 Å². The predicted octanol–water partition coefficient (Wildman–Crippen LogP) is 2.16. The third-order valence-electron chi connectivity index (χ3n) is 2.68. The van der Waals surface area contributed by atoms with Crippen molar-refractivity contribution in [3.63, 3.8) is 0 Å². The smallest absolute Gasteiger partial charge is 0.224 e. The molecule has 1 amide bonds. The summed E-state index contributed by atoms with van der Waals surface area (Å²) in [4.78, 5) is 11.6. The Hall–Kier alpha value is -1.06. The molecule has 0 aromatic heterocycles. The fraction of sp³-hybridized carbons (Fsp3) is 0.462. The number of halogens is 1. The summed E-state index contributed by atoms with van der Waals surface area (Å²) in [5, 5.41) is 13.1. The molecule has 1 atom stereocenters. The van der Waals surface area contributed by atoms with Crippen LogP contribution in [0.1, 0.15) is 25.8 Å². The lowest BCUT2D eigenvalue weighted by Crippen LogP contribution is -2.40. The van der Waals surface area contributed by atoms with Gasteiger partial charge >= 0.3 is 0 Å². The summed E-state index contributed by atoms with van der Waals surface area (Å²) >= 11 is 5.83. The molecule has 3 nitrogen and oxygen atoms in total. The lowest BCUT2D eigenvalue weighted by Gasteiger charge is -2.21. The third kappa shape index (κ3) is 5.20. The van der Waals surface area contributed by atoms with Crippen LogP contribution in [0.2, 0.25) is 5.02 Å². The van der Waals surface area contributed by atoms with Gasteiger partial charge in [-0.25, -0.2) is 0 Å². The molecule has 94 valence electrons. The van der Waals surface area contributed by atoms with E-state index in [2.05, 4.69) is 5.32 Å². The fourth-order valence-electron chi connectivity index (χ4n) is 1.31. The van der Waals surface area contributed by atoms with Crippen molar-refractivity contribution in [2.45, 2.75) is 32.3 Å². The number of amides is 1. The molecule has 4 heteroatoms. The lowest BCUT2D eigenvalue weighted by atomic mass is 10.0. The van der Waals surface area contributed by atoms with Gasteiger partial charge in [-0.05, 0) is 31.0 Å². The Labute approximate surface area is 107 Å². The van der Waals surface area contributed by atoms with Crippen molar-refractivity contribution in [2.75, 3.05) is 6.54 Å². The summed E-state index contributed by atoms with van der Waals surface area (Å²) in [6, 6.07) is 7.19. The average Bonchev–Trinajstić information content (AvgIpc) is 2.27. The van der Waals surface area contributed by atoms with Gasteiger partial charge in [0.25, 0.3) is 0 Å². The van der Waals surface area contributed by atoms with Gasteiger partial charge in [-0.15, -0.1) is 0 Å². The molecule has 0 bridgehead atoms. The molecule has 0 saturated carbocycles. The largest absolute Gasteiger partial charge is 0.388 e. The maximum absolute atomic E-state index is 11.6. The van der Waals surface area contributed by atoms with Gasteiger partial charge in [-0.3, -0.25) is 4.79 Å². The second-order valence-corrected chi connectivity index (χ2v) is 4.87. The summed E-state index contributed by atoms with van der Waals surface area (Å²) < 4.78 is 0. The van der Waals surface area contributed by atoms with Gasteiger partial charge in [0.15, 0.2) is 0 Å². The first-order chi connectivity index (χ1) is 7.93. The zero-order chi connectivity index (χ0) is 12.9. The lowest BCUT2D eigenvalue weighted by molar-refractivity contribution is -0.121. The minimum Gasteiger partial charge on any atom is -0.388 e. The molecule has 1 rings (SSSR count). The quantitative estimate of drug-likeness (QED) is 0.847. The van der Waals surface area contributed by atoms with E-state index in [9.17, 15) is 9.90 Å². The van der Waals surface area contributed by atoms with Crippen LogP contribution in [0.5, 0.6) is 0 Å². The van der Waals surface area contributed by atoms with Gasteiger partial charge in [-0.1, -0.05) is 30.7 Å². The minimum atomic E-state index is -0.843. The highest BCUT2D eigenvalue weighted by Gasteiger charge is 2.18. The molecule has 1 aromatic rings. The number of aliphatic hydroxyl groups is 1. The number of hydrogen-bond acceptors (Lipinski definition) is 2. The van der Waals surface area contributed by atoms with Gasteiger partial charge in [0.2, 0.25) is 5.91 Å². The monoisotopic (exact) mass is 255 g/mol. The van der Waals surface area contributed by atoms with Crippen LogP contribution in [-0.4, -0.2) is 23.2 Å². The highest BCUT2D eigenvalue weighted by Crippen LogP contribution is 2.11. The van der Waals surface area contributed by atoms with E-state index in [-0.39, 0.29) is 18.9 Å². The SMILES string of the molecule is CCC(C)(O)CNC(=O)Cc1cccc(Cl)c1. The molecule has 1 unspecified atom stereocenters. The summed E-state index contributed by atoms with van der Waals surface area (Å²) in [6.07, 6.45) is 0.880. The van der Waals surface area contributed by atoms with Gasteiger partial charge in [0.05, 0.1) is 12.0 Å². The number of benzene rings is 1. The summed E-state index contributed by atoms with van der Waals surface area (Å²) in [6.45, 7) is 3.85. The molecule has 0 aliphatic heterocycles. The fourth-order valence-corrected chi connectivity index (χ4v) is 1.52. The Kier molecular flexibility index (Phi) is 4.97. The van der Waals surface area contributed by atoms with Crippen molar-refractivity contribution in [3.05, 3.63) is 34.9 Å². The van der Waals surface area contributed by atoms with E-state index in [0.717, 1.165) is 5.56 Å². The summed E-state index contributed by atoms with van der Waals surface area (Å²) in [5.41, 5.74) is 0.0235. The van der Waals surface area contributed by atoms with E-state index < -0.39 is 5.60 Å². The molecule has 0 radical (unpaired) electrons. The van der Waals surface area contributed by atoms with Crippen molar-refractivity contribution in [2.24, 2.45) is 0 Å². The molecule has 1 aromatic carbocycles. The topological polar surface area (TPSA) is 49.3 Å². The van der Waals surface area contributed by atoms with Crippen LogP contribution < -0.4 is 5.32 Å². The first kappa shape index (κ1) is 14.0. The molecular weight excluding hydrogens is 238 g/mol. The predicted molar refractivity (Wildman–Crippen MR) is 69.1 cm³/mol. The molecule has 0 fully saturated rings. The number of hydrogen-bond donors (Lipinski definition) is 2. The Bertz CT molecular complexity index is 391. The molecule has 0 spiro atoms. The number of carbonyl (C=O) groups excluding carboxylic acids is 1. The van der Waals surface area contributed by atoms with Crippen molar-refractivity contribution >= 4 is 17.5 Å². The van der Waals surface area contributed by atoms with Crippen LogP contribution in [0, 0.1) is 0 Å². The molecule has 0 saturated heterocycles. The molecule has 0 aliphatic rings. The first-order valence-corrected chi connectivity index (χ1v) is 6.04. The second kappa shape index (κ2) is 6.03. The Morgan fingerprint density at radius 1 is 1.53 bits per heavy atom. The molecule has 2 N–H and O–H groups in total. The van der Waals surface area contributed by atoms with E-state index in [1.54, 1.807) is 19.1 Å². The van der Waals surface area contributed by atoms with Crippen LogP contribution in [-0.2, 0) is 11.2 Å². The van der Waals surface area contributed by atoms with E-state index in [1.165, 1.54) is 0 Å². The van der Waals surface area contributed by atoms with Crippen LogP contribution in [0.25, 0.3) is 0 Å². The normalized spacial score (nSPS) is 14.1. The van der Waals surface area contributed by atoms with Crippen molar-refractivity contribution in [3.8, 4) is 0 Å².